The van der Waals surface area contributed by atoms with E-state index in [0.717, 1.165) is 0 Å². The highest BCUT2D eigenvalue weighted by molar-refractivity contribution is 5.60. The summed E-state index contributed by atoms with van der Waals surface area (Å²) in [4.78, 5) is 11.9. The van der Waals surface area contributed by atoms with E-state index >= 15 is 0 Å². The third-order valence-corrected chi connectivity index (χ3v) is 3.04. The number of azo groups is 1. The van der Waals surface area contributed by atoms with Crippen molar-refractivity contribution in [2.45, 2.75) is 0 Å². The predicted molar refractivity (Wildman–Crippen MR) is 81.4 cm³/mol. The van der Waals surface area contributed by atoms with Crippen molar-refractivity contribution in [3.8, 4) is 5.69 Å². The number of nitrogens with two attached hydrogens (primary N) is 1. The molecule has 0 fully saturated rings. The van der Waals surface area contributed by atoms with Crippen LogP contribution in [0.2, 0.25) is 0 Å². The van der Waals surface area contributed by atoms with Crippen LogP contribution in [0, 0.1) is 5.82 Å². The topological polar surface area (TPSA) is 88.5 Å². The molecule has 0 saturated heterocycles. The number of aromatic amines is 1. The number of nitrogens with one attached hydrogen (secondary N) is 1. The summed E-state index contributed by atoms with van der Waals surface area (Å²) in [6.45, 7) is 0. The van der Waals surface area contributed by atoms with Gasteiger partial charge in [0.1, 0.15) is 5.69 Å². The fourth-order valence-corrected chi connectivity index (χ4v) is 1.95. The number of hydrogen-bond acceptors (Lipinski definition) is 4. The summed E-state index contributed by atoms with van der Waals surface area (Å²) in [7, 11) is 0. The molecule has 0 bridgehead atoms. The summed E-state index contributed by atoms with van der Waals surface area (Å²) in [5.41, 5.74) is 6.08. The van der Waals surface area contributed by atoms with Crippen molar-refractivity contribution in [2.75, 3.05) is 5.73 Å². The number of H-pyrrole nitrogens is 1. The second kappa shape index (κ2) is 5.65. The van der Waals surface area contributed by atoms with Crippen LogP contribution >= 0.6 is 0 Å². The van der Waals surface area contributed by atoms with Crippen molar-refractivity contribution in [1.82, 2.24) is 9.78 Å². The first-order chi connectivity index (χ1) is 10.7. The molecule has 7 heteroatoms. The van der Waals surface area contributed by atoms with Crippen molar-refractivity contribution < 1.29 is 4.39 Å². The molecule has 3 aromatic rings. The summed E-state index contributed by atoms with van der Waals surface area (Å²) < 4.78 is 14.9. The number of halogens is 1. The number of para-hydroxylation sites is 1. The summed E-state index contributed by atoms with van der Waals surface area (Å²) in [5, 5.41) is 10.1. The van der Waals surface area contributed by atoms with Crippen LogP contribution in [0.5, 0.6) is 0 Å². The Hall–Kier alpha value is -3.22. The van der Waals surface area contributed by atoms with E-state index in [9.17, 15) is 9.18 Å². The Kier molecular flexibility index (Phi) is 3.53. The first-order valence-electron chi connectivity index (χ1n) is 6.49. The predicted octanol–water partition coefficient (Wildman–Crippen LogP) is 3.30. The summed E-state index contributed by atoms with van der Waals surface area (Å²) in [6, 6.07) is 14.9. The van der Waals surface area contributed by atoms with E-state index in [1.807, 2.05) is 18.2 Å². The Bertz CT molecular complexity index is 882. The molecule has 2 aromatic carbocycles. The molecule has 0 atom stereocenters. The summed E-state index contributed by atoms with van der Waals surface area (Å²) in [6.07, 6.45) is 0. The van der Waals surface area contributed by atoms with Gasteiger partial charge in [0, 0.05) is 0 Å². The minimum Gasteiger partial charge on any atom is -0.382 e. The number of rotatable bonds is 3. The van der Waals surface area contributed by atoms with Crippen molar-refractivity contribution in [3.63, 3.8) is 0 Å². The van der Waals surface area contributed by atoms with Crippen LogP contribution in [0.1, 0.15) is 0 Å². The zero-order chi connectivity index (χ0) is 15.5. The highest BCUT2D eigenvalue weighted by Crippen LogP contribution is 2.24. The Morgan fingerprint density at radius 3 is 2.41 bits per heavy atom. The minimum absolute atomic E-state index is 0.0359. The van der Waals surface area contributed by atoms with Gasteiger partial charge in [-0.1, -0.05) is 30.3 Å². The Balaban J connectivity index is 2.01. The van der Waals surface area contributed by atoms with Gasteiger partial charge >= 0.3 is 0 Å². The molecule has 0 saturated carbocycles. The number of benzene rings is 2. The van der Waals surface area contributed by atoms with Crippen LogP contribution in [0.3, 0.4) is 0 Å². The van der Waals surface area contributed by atoms with Crippen molar-refractivity contribution in [1.29, 1.82) is 0 Å². The third kappa shape index (κ3) is 2.51. The van der Waals surface area contributed by atoms with Crippen molar-refractivity contribution in [3.05, 3.63) is 70.8 Å². The SMILES string of the molecule is Nc1c(N=Nc2ccccc2F)c(=O)[nH]n1-c1ccccc1. The third-order valence-electron chi connectivity index (χ3n) is 3.04. The van der Waals surface area contributed by atoms with Gasteiger partial charge in [-0.2, -0.15) is 0 Å². The lowest BCUT2D eigenvalue weighted by molar-refractivity contribution is 0.628. The maximum atomic E-state index is 13.5. The number of nitrogens with zero attached hydrogens (tertiary/aromatic N) is 3. The molecular formula is C15H12FN5O. The van der Waals surface area contributed by atoms with Gasteiger partial charge in [0.25, 0.3) is 5.56 Å². The van der Waals surface area contributed by atoms with E-state index in [-0.39, 0.29) is 17.2 Å². The number of hydrogen-bond donors (Lipinski definition) is 2. The molecule has 0 amide bonds. The lowest BCUT2D eigenvalue weighted by atomic mass is 10.3. The molecule has 1 aromatic heterocycles. The van der Waals surface area contributed by atoms with E-state index in [2.05, 4.69) is 15.3 Å². The molecule has 110 valence electrons. The molecule has 0 aliphatic rings. The molecule has 0 unspecified atom stereocenters. The minimum atomic E-state index is -0.524. The second-order valence-corrected chi connectivity index (χ2v) is 4.50. The Labute approximate surface area is 124 Å². The van der Waals surface area contributed by atoms with E-state index in [4.69, 9.17) is 5.73 Å². The van der Waals surface area contributed by atoms with Crippen molar-refractivity contribution >= 4 is 17.2 Å². The molecule has 1 heterocycles. The van der Waals surface area contributed by atoms with Crippen LogP contribution in [0.25, 0.3) is 5.69 Å². The number of anilines is 1. The van der Waals surface area contributed by atoms with Crippen LogP contribution in [-0.2, 0) is 0 Å². The zero-order valence-electron chi connectivity index (χ0n) is 11.4. The second-order valence-electron chi connectivity index (χ2n) is 4.50. The smallest absolute Gasteiger partial charge is 0.294 e. The standard InChI is InChI=1S/C15H12FN5O/c16-11-8-4-5-9-12(11)18-19-13-14(17)21(20-15(13)22)10-6-2-1-3-7-10/h1-9H,17H2,(H,20,22). The van der Waals surface area contributed by atoms with Gasteiger partial charge in [-0.25, -0.2) is 9.07 Å². The molecule has 22 heavy (non-hydrogen) atoms. The normalized spacial score (nSPS) is 11.1. The van der Waals surface area contributed by atoms with Gasteiger partial charge in [0.15, 0.2) is 17.3 Å². The van der Waals surface area contributed by atoms with Crippen LogP contribution in [0.4, 0.5) is 21.6 Å². The molecule has 3 N–H and O–H groups in total. The highest BCUT2D eigenvalue weighted by Gasteiger charge is 2.13. The van der Waals surface area contributed by atoms with E-state index in [0.29, 0.717) is 5.69 Å². The fraction of sp³-hybridized carbons (Fsp3) is 0. The van der Waals surface area contributed by atoms with Crippen LogP contribution in [-0.4, -0.2) is 9.78 Å². The average Bonchev–Trinajstić information content (AvgIpc) is 2.82. The van der Waals surface area contributed by atoms with Gasteiger partial charge in [-0.15, -0.1) is 10.2 Å². The van der Waals surface area contributed by atoms with E-state index in [1.165, 1.54) is 16.8 Å². The van der Waals surface area contributed by atoms with Gasteiger partial charge < -0.3 is 5.73 Å². The van der Waals surface area contributed by atoms with Gasteiger partial charge in [0.05, 0.1) is 5.69 Å². The van der Waals surface area contributed by atoms with E-state index < -0.39 is 11.4 Å². The summed E-state index contributed by atoms with van der Waals surface area (Å²) in [5.74, 6) is -0.417. The number of aromatic nitrogens is 2. The fourth-order valence-electron chi connectivity index (χ4n) is 1.95. The average molecular weight is 297 g/mol. The molecule has 6 nitrogen and oxygen atoms in total. The van der Waals surface area contributed by atoms with Crippen LogP contribution < -0.4 is 11.3 Å². The maximum absolute atomic E-state index is 13.5. The first kappa shape index (κ1) is 13.7. The zero-order valence-corrected chi connectivity index (χ0v) is 11.4. The van der Waals surface area contributed by atoms with Gasteiger partial charge in [-0.3, -0.25) is 9.89 Å². The Morgan fingerprint density at radius 2 is 1.68 bits per heavy atom. The summed E-state index contributed by atoms with van der Waals surface area (Å²) >= 11 is 0. The number of nitrogen functional groups attached to an aromatic ring is 1. The lowest BCUT2D eigenvalue weighted by Gasteiger charge is -2.03. The lowest BCUT2D eigenvalue weighted by Crippen LogP contribution is -2.04. The quantitative estimate of drug-likeness (QED) is 0.726. The van der Waals surface area contributed by atoms with Gasteiger partial charge in [0.2, 0.25) is 0 Å². The monoisotopic (exact) mass is 297 g/mol. The van der Waals surface area contributed by atoms with Crippen LogP contribution in [0.15, 0.2) is 69.6 Å². The molecular weight excluding hydrogens is 285 g/mol. The molecule has 0 aliphatic carbocycles. The highest BCUT2D eigenvalue weighted by atomic mass is 19.1. The van der Waals surface area contributed by atoms with E-state index in [1.54, 1.807) is 24.3 Å². The van der Waals surface area contributed by atoms with Crippen molar-refractivity contribution in [2.24, 2.45) is 10.2 Å². The molecule has 0 spiro atoms. The largest absolute Gasteiger partial charge is 0.382 e. The first-order valence-corrected chi connectivity index (χ1v) is 6.49. The maximum Gasteiger partial charge on any atom is 0.294 e. The van der Waals surface area contributed by atoms with Gasteiger partial charge in [-0.05, 0) is 24.3 Å². The molecule has 0 aliphatic heterocycles. The molecule has 3 rings (SSSR count). The molecule has 0 radical (unpaired) electrons. The Morgan fingerprint density at radius 1 is 1.00 bits per heavy atom.